The van der Waals surface area contributed by atoms with Crippen LogP contribution in [-0.2, 0) is 6.54 Å². The third-order valence-electron chi connectivity index (χ3n) is 3.24. The molecule has 0 saturated carbocycles. The highest BCUT2D eigenvalue weighted by Crippen LogP contribution is 2.30. The molecule has 1 aliphatic rings. The van der Waals surface area contributed by atoms with Crippen molar-refractivity contribution in [3.05, 3.63) is 35.4 Å². The van der Waals surface area contributed by atoms with Gasteiger partial charge in [-0.05, 0) is 25.5 Å². The number of hydrogen-bond acceptors (Lipinski definition) is 4. The summed E-state index contributed by atoms with van der Waals surface area (Å²) in [4.78, 5) is 2.46. The first-order valence-electron chi connectivity index (χ1n) is 6.43. The highest BCUT2D eigenvalue weighted by molar-refractivity contribution is 8.00. The van der Waals surface area contributed by atoms with Gasteiger partial charge in [0.05, 0.1) is 0 Å². The second-order valence-electron chi connectivity index (χ2n) is 5.50. The van der Waals surface area contributed by atoms with Gasteiger partial charge in [-0.2, -0.15) is 11.8 Å². The molecule has 0 aromatic heterocycles. The van der Waals surface area contributed by atoms with Crippen LogP contribution in [0.2, 0.25) is 0 Å². The summed E-state index contributed by atoms with van der Waals surface area (Å²) < 4.78 is 0.321. The molecule has 1 aromatic carbocycles. The van der Waals surface area contributed by atoms with E-state index in [4.69, 9.17) is 10.9 Å². The van der Waals surface area contributed by atoms with Crippen molar-refractivity contribution in [1.29, 1.82) is 0 Å². The number of benzene rings is 1. The van der Waals surface area contributed by atoms with Crippen LogP contribution in [0.4, 0.5) is 0 Å². The first-order chi connectivity index (χ1) is 9.00. The molecule has 0 bridgehead atoms. The SMILES string of the molecule is CC1(C)CN(Cc2cccc(/C(N)=N/O)c2)CCS1. The van der Waals surface area contributed by atoms with Crippen LogP contribution in [0.1, 0.15) is 25.0 Å². The summed E-state index contributed by atoms with van der Waals surface area (Å²) in [5.41, 5.74) is 7.59. The van der Waals surface area contributed by atoms with Crippen LogP contribution in [0.5, 0.6) is 0 Å². The van der Waals surface area contributed by atoms with Crippen molar-refractivity contribution in [3.63, 3.8) is 0 Å². The fourth-order valence-electron chi connectivity index (χ4n) is 2.39. The lowest BCUT2D eigenvalue weighted by atomic mass is 10.1. The fraction of sp³-hybridized carbons (Fsp3) is 0.500. The fourth-order valence-corrected chi connectivity index (χ4v) is 3.57. The molecule has 0 atom stereocenters. The van der Waals surface area contributed by atoms with Gasteiger partial charge in [0.2, 0.25) is 0 Å². The summed E-state index contributed by atoms with van der Waals surface area (Å²) in [6.07, 6.45) is 0. The van der Waals surface area contributed by atoms with Crippen LogP contribution >= 0.6 is 11.8 Å². The third-order valence-corrected chi connectivity index (χ3v) is 4.54. The van der Waals surface area contributed by atoms with Gasteiger partial charge in [-0.3, -0.25) is 4.90 Å². The lowest BCUT2D eigenvalue weighted by molar-refractivity contribution is 0.252. The lowest BCUT2D eigenvalue weighted by Crippen LogP contribution is -2.42. The number of hydrogen-bond donors (Lipinski definition) is 2. The molecule has 5 heteroatoms. The molecule has 0 unspecified atom stereocenters. The molecule has 1 heterocycles. The summed E-state index contributed by atoms with van der Waals surface area (Å²) in [6, 6.07) is 7.88. The molecule has 1 fully saturated rings. The molecule has 3 N–H and O–H groups in total. The monoisotopic (exact) mass is 279 g/mol. The van der Waals surface area contributed by atoms with Crippen LogP contribution in [0.15, 0.2) is 29.4 Å². The van der Waals surface area contributed by atoms with Crippen molar-refractivity contribution in [2.45, 2.75) is 25.1 Å². The second kappa shape index (κ2) is 5.84. The number of nitrogens with two attached hydrogens (primary N) is 1. The van der Waals surface area contributed by atoms with E-state index in [9.17, 15) is 0 Å². The first-order valence-corrected chi connectivity index (χ1v) is 7.42. The summed E-state index contributed by atoms with van der Waals surface area (Å²) in [7, 11) is 0. The highest BCUT2D eigenvalue weighted by Gasteiger charge is 2.26. The first kappa shape index (κ1) is 14.2. The van der Waals surface area contributed by atoms with E-state index in [1.54, 1.807) is 0 Å². The smallest absolute Gasteiger partial charge is 0.170 e. The van der Waals surface area contributed by atoms with E-state index in [0.29, 0.717) is 4.75 Å². The van der Waals surface area contributed by atoms with Gasteiger partial charge in [0, 0.05) is 35.7 Å². The van der Waals surface area contributed by atoms with Gasteiger partial charge in [-0.25, -0.2) is 0 Å². The highest BCUT2D eigenvalue weighted by atomic mass is 32.2. The Bertz CT molecular complexity index is 474. The van der Waals surface area contributed by atoms with Crippen LogP contribution in [-0.4, -0.2) is 39.5 Å². The van der Waals surface area contributed by atoms with Crippen molar-refractivity contribution >= 4 is 17.6 Å². The van der Waals surface area contributed by atoms with Crippen LogP contribution < -0.4 is 5.73 Å². The Morgan fingerprint density at radius 1 is 1.53 bits per heavy atom. The van der Waals surface area contributed by atoms with Gasteiger partial charge in [0.15, 0.2) is 5.84 Å². The Morgan fingerprint density at radius 2 is 2.32 bits per heavy atom. The van der Waals surface area contributed by atoms with Gasteiger partial charge < -0.3 is 10.9 Å². The van der Waals surface area contributed by atoms with Gasteiger partial charge in [-0.1, -0.05) is 23.4 Å². The summed E-state index contributed by atoms with van der Waals surface area (Å²) >= 11 is 2.03. The van der Waals surface area contributed by atoms with Gasteiger partial charge in [0.1, 0.15) is 0 Å². The Labute approximate surface area is 118 Å². The topological polar surface area (TPSA) is 61.8 Å². The normalized spacial score (nSPS) is 20.4. The van der Waals surface area contributed by atoms with E-state index in [-0.39, 0.29) is 5.84 Å². The molecule has 19 heavy (non-hydrogen) atoms. The van der Waals surface area contributed by atoms with Gasteiger partial charge >= 0.3 is 0 Å². The summed E-state index contributed by atoms with van der Waals surface area (Å²) in [5.74, 6) is 1.34. The molecule has 1 aliphatic heterocycles. The number of amidine groups is 1. The number of rotatable bonds is 3. The van der Waals surface area contributed by atoms with E-state index in [1.807, 2.05) is 30.0 Å². The second-order valence-corrected chi connectivity index (χ2v) is 7.31. The zero-order chi connectivity index (χ0) is 13.9. The van der Waals surface area contributed by atoms with E-state index in [0.717, 1.165) is 25.2 Å². The van der Waals surface area contributed by atoms with Gasteiger partial charge in [-0.15, -0.1) is 0 Å². The zero-order valence-corrected chi connectivity index (χ0v) is 12.3. The summed E-state index contributed by atoms with van der Waals surface area (Å²) in [5, 5.41) is 11.8. The van der Waals surface area contributed by atoms with Crippen LogP contribution in [0.3, 0.4) is 0 Å². The van der Waals surface area contributed by atoms with E-state index < -0.39 is 0 Å². The average molecular weight is 279 g/mol. The molecule has 0 amide bonds. The predicted octanol–water partition coefficient (Wildman–Crippen LogP) is 2.11. The minimum Gasteiger partial charge on any atom is -0.409 e. The van der Waals surface area contributed by atoms with E-state index >= 15 is 0 Å². The molecule has 4 nitrogen and oxygen atoms in total. The Balaban J connectivity index is 2.07. The maximum absolute atomic E-state index is 8.72. The number of oxime groups is 1. The Hall–Kier alpha value is -1.20. The molecule has 2 rings (SSSR count). The molecule has 0 spiro atoms. The molecule has 0 aliphatic carbocycles. The minimum atomic E-state index is 0.163. The van der Waals surface area contributed by atoms with Crippen molar-refractivity contribution in [3.8, 4) is 0 Å². The van der Waals surface area contributed by atoms with Crippen molar-refractivity contribution in [1.82, 2.24) is 4.90 Å². The van der Waals surface area contributed by atoms with Crippen LogP contribution in [0, 0.1) is 0 Å². The molecule has 1 saturated heterocycles. The predicted molar refractivity (Wildman–Crippen MR) is 80.8 cm³/mol. The number of nitrogens with zero attached hydrogens (tertiary/aromatic N) is 2. The van der Waals surface area contributed by atoms with Crippen molar-refractivity contribution in [2.24, 2.45) is 10.9 Å². The molecule has 0 radical (unpaired) electrons. The molecular weight excluding hydrogens is 258 g/mol. The zero-order valence-electron chi connectivity index (χ0n) is 11.5. The Kier molecular flexibility index (Phi) is 4.37. The maximum Gasteiger partial charge on any atom is 0.170 e. The van der Waals surface area contributed by atoms with Gasteiger partial charge in [0.25, 0.3) is 0 Å². The lowest BCUT2D eigenvalue weighted by Gasteiger charge is -2.37. The Morgan fingerprint density at radius 3 is 3.00 bits per heavy atom. The largest absolute Gasteiger partial charge is 0.409 e. The average Bonchev–Trinajstić information content (AvgIpc) is 2.37. The van der Waals surface area contributed by atoms with Crippen molar-refractivity contribution in [2.75, 3.05) is 18.8 Å². The molecular formula is C14H21N3OS. The van der Waals surface area contributed by atoms with Crippen molar-refractivity contribution < 1.29 is 5.21 Å². The molecule has 1 aromatic rings. The molecule has 104 valence electrons. The number of thioether (sulfide) groups is 1. The third kappa shape index (κ3) is 3.88. The quantitative estimate of drug-likeness (QED) is 0.385. The van der Waals surface area contributed by atoms with Crippen LogP contribution in [0.25, 0.3) is 0 Å². The minimum absolute atomic E-state index is 0.163. The van der Waals surface area contributed by atoms with E-state index in [1.165, 1.54) is 11.3 Å². The maximum atomic E-state index is 8.72. The standard InChI is InChI=1S/C14H21N3OS/c1-14(2)10-17(6-7-19-14)9-11-4-3-5-12(8-11)13(15)16-18/h3-5,8,18H,6-7,9-10H2,1-2H3,(H2,15,16). The summed E-state index contributed by atoms with van der Waals surface area (Å²) in [6.45, 7) is 7.69. The van der Waals surface area contributed by atoms with E-state index in [2.05, 4.69) is 30.0 Å².